The number of amides is 3. The fourth-order valence-electron chi connectivity index (χ4n) is 6.32. The number of hydrogen-bond donors (Lipinski definition) is 2. The van der Waals surface area contributed by atoms with Gasteiger partial charge in [0.05, 0.1) is 43.0 Å². The van der Waals surface area contributed by atoms with Crippen LogP contribution in [-0.2, 0) is 9.53 Å². The number of aromatic nitrogens is 1. The number of rotatable bonds is 11. The maximum absolute atomic E-state index is 14.2. The van der Waals surface area contributed by atoms with Crippen LogP contribution in [0, 0.1) is 5.41 Å². The molecule has 1 saturated heterocycles. The molecule has 0 saturated carbocycles. The van der Waals surface area contributed by atoms with Gasteiger partial charge in [-0.25, -0.2) is 9.18 Å². The number of ether oxygens (including phenoxy) is 4. The summed E-state index contributed by atoms with van der Waals surface area (Å²) in [5.74, 6) is 1.73. The quantitative estimate of drug-likeness (QED) is 0.235. The summed E-state index contributed by atoms with van der Waals surface area (Å²) in [6.07, 6.45) is 14.3. The van der Waals surface area contributed by atoms with Gasteiger partial charge in [0.1, 0.15) is 17.3 Å². The molecule has 292 valence electrons. The van der Waals surface area contributed by atoms with Crippen LogP contribution >= 0.6 is 11.6 Å². The van der Waals surface area contributed by atoms with Crippen molar-refractivity contribution >= 4 is 34.4 Å². The number of carbonyl (C=O) groups is 2. The zero-order chi connectivity index (χ0) is 39.3. The Morgan fingerprint density at radius 1 is 1.00 bits per heavy atom. The molecule has 0 atom stereocenters. The van der Waals surface area contributed by atoms with Crippen molar-refractivity contribution in [1.29, 1.82) is 0 Å². The average Bonchev–Trinajstić information content (AvgIpc) is 3.16. The Kier molecular flexibility index (Phi) is 15.7. The first-order chi connectivity index (χ1) is 26.0. The van der Waals surface area contributed by atoms with Crippen LogP contribution in [0.2, 0.25) is 0 Å². The predicted octanol–water partition coefficient (Wildman–Crippen LogP) is 9.54. The minimum Gasteiger partial charge on any atom is -0.493 e. The number of halogens is 2. The predicted molar refractivity (Wildman–Crippen MR) is 212 cm³/mol. The molecule has 1 aromatic heterocycles. The molecule has 12 heteroatoms. The Labute approximate surface area is 323 Å². The summed E-state index contributed by atoms with van der Waals surface area (Å²) in [4.78, 5) is 32.4. The highest BCUT2D eigenvalue weighted by molar-refractivity contribution is 6.32. The van der Waals surface area contributed by atoms with E-state index in [0.717, 1.165) is 18.4 Å². The van der Waals surface area contributed by atoms with E-state index >= 15 is 0 Å². The number of fused-ring (bicyclic) bond motifs is 1. The van der Waals surface area contributed by atoms with E-state index in [-0.39, 0.29) is 36.6 Å². The number of carbonyl (C=O) groups excluding carboxylic acids is 2. The first kappa shape index (κ1) is 42.1. The molecule has 1 fully saturated rings. The molecule has 10 nitrogen and oxygen atoms in total. The SMILES string of the molecule is CC.COCC1(C)CCN(C(=O)CCOc2cc3nccc(OC4=CCC/C=C(NC(=O)N/C5=C/C/C(C)=C\C=C(\F)C5)\C(Cl)=C/4C)c3cc2OC)CC1. The number of piperidine rings is 1. The van der Waals surface area contributed by atoms with E-state index in [9.17, 15) is 14.0 Å². The Morgan fingerprint density at radius 2 is 1.74 bits per heavy atom. The van der Waals surface area contributed by atoms with Gasteiger partial charge >= 0.3 is 6.03 Å². The van der Waals surface area contributed by atoms with Gasteiger partial charge in [-0.1, -0.05) is 56.2 Å². The second kappa shape index (κ2) is 20.2. The Morgan fingerprint density at radius 3 is 2.46 bits per heavy atom. The van der Waals surface area contributed by atoms with Crippen molar-refractivity contribution in [3.05, 3.63) is 93.9 Å². The fraction of sp³-hybridized carbons (Fsp3) is 0.452. The monoisotopic (exact) mass is 764 g/mol. The standard InChI is InChI=1S/C40H48ClFN4O6.C2H6/c1-26-10-12-28(42)22-29(13-11-26)44-39(48)45-31-8-6-7-9-33(27(2)38(31)41)52-34-14-18-43-32-24-36(35(50-5)23-30(32)34)51-21-15-37(47)46-19-16-40(3,17-20-46)25-49-4;1-2/h8-10,12-14,18,23-24H,6-7,11,15-17,19-22,25H2,1-5H3,(H2,44,45,48);1-2H3/b26-10-,28-12+,29-13+,31-8+,33-9?,38-27+;. The van der Waals surface area contributed by atoms with Crippen molar-refractivity contribution in [1.82, 2.24) is 20.5 Å². The molecule has 5 rings (SSSR count). The van der Waals surface area contributed by atoms with Crippen LogP contribution in [0.1, 0.15) is 79.6 Å². The van der Waals surface area contributed by atoms with E-state index in [2.05, 4.69) is 22.5 Å². The van der Waals surface area contributed by atoms with Crippen molar-refractivity contribution in [3.8, 4) is 17.2 Å². The van der Waals surface area contributed by atoms with Gasteiger partial charge in [-0.05, 0) is 75.7 Å². The number of hydrogen-bond acceptors (Lipinski definition) is 7. The van der Waals surface area contributed by atoms with Crippen molar-refractivity contribution in [2.45, 2.75) is 79.6 Å². The number of allylic oxidation sites excluding steroid dienone is 9. The van der Waals surface area contributed by atoms with Gasteiger partial charge in [0.15, 0.2) is 11.5 Å². The first-order valence-electron chi connectivity index (χ1n) is 18.6. The number of likely N-dealkylation sites (tertiary alicyclic amines) is 1. The van der Waals surface area contributed by atoms with E-state index in [1.807, 2.05) is 44.7 Å². The van der Waals surface area contributed by atoms with E-state index < -0.39 is 6.03 Å². The van der Waals surface area contributed by atoms with Gasteiger partial charge in [-0.2, -0.15) is 0 Å². The number of pyridine rings is 1. The van der Waals surface area contributed by atoms with Crippen molar-refractivity contribution in [2.75, 3.05) is 40.5 Å². The Balaban J connectivity index is 0.00000319. The molecule has 3 amide bonds. The Hall–Kier alpha value is -4.61. The minimum absolute atomic E-state index is 0.00803. The zero-order valence-electron chi connectivity index (χ0n) is 32.6. The molecular formula is C42H54ClFN4O6. The van der Waals surface area contributed by atoms with Gasteiger partial charge in [0.2, 0.25) is 5.91 Å². The fourth-order valence-corrected chi connectivity index (χ4v) is 6.53. The van der Waals surface area contributed by atoms with Crippen LogP contribution in [-0.4, -0.2) is 62.3 Å². The lowest BCUT2D eigenvalue weighted by Gasteiger charge is -2.39. The van der Waals surface area contributed by atoms with Crippen molar-refractivity contribution < 1.29 is 32.9 Å². The van der Waals surface area contributed by atoms with E-state index in [4.69, 9.17) is 30.5 Å². The smallest absolute Gasteiger partial charge is 0.323 e. The summed E-state index contributed by atoms with van der Waals surface area (Å²) in [7, 11) is 3.27. The molecule has 0 unspecified atom stereocenters. The maximum atomic E-state index is 14.2. The van der Waals surface area contributed by atoms with Gasteiger partial charge in [-0.3, -0.25) is 9.78 Å². The zero-order valence-corrected chi connectivity index (χ0v) is 33.3. The first-order valence-corrected chi connectivity index (χ1v) is 19.0. The highest BCUT2D eigenvalue weighted by Crippen LogP contribution is 2.38. The highest BCUT2D eigenvalue weighted by atomic mass is 35.5. The molecular weight excluding hydrogens is 711 g/mol. The van der Waals surface area contributed by atoms with Crippen molar-refractivity contribution in [2.24, 2.45) is 5.41 Å². The van der Waals surface area contributed by atoms with Crippen LogP contribution < -0.4 is 24.8 Å². The molecule has 0 bridgehead atoms. The van der Waals surface area contributed by atoms with Crippen LogP contribution in [0.5, 0.6) is 17.2 Å². The van der Waals surface area contributed by atoms with Crippen LogP contribution in [0.4, 0.5) is 9.18 Å². The molecule has 2 N–H and O–H groups in total. The summed E-state index contributed by atoms with van der Waals surface area (Å²) in [6, 6.07) is 4.82. The summed E-state index contributed by atoms with van der Waals surface area (Å²) in [6.45, 7) is 12.2. The molecule has 2 aromatic rings. The molecule has 2 aliphatic carbocycles. The van der Waals surface area contributed by atoms with Gasteiger partial charge in [0, 0.05) is 55.5 Å². The normalized spacial score (nSPS) is 22.6. The van der Waals surface area contributed by atoms with Crippen LogP contribution in [0.15, 0.2) is 93.9 Å². The second-order valence-corrected chi connectivity index (χ2v) is 14.1. The van der Waals surface area contributed by atoms with Crippen LogP contribution in [0.25, 0.3) is 10.9 Å². The summed E-state index contributed by atoms with van der Waals surface area (Å²) < 4.78 is 37.8. The highest BCUT2D eigenvalue weighted by Gasteiger charge is 2.31. The van der Waals surface area contributed by atoms with Crippen LogP contribution in [0.3, 0.4) is 0 Å². The lowest BCUT2D eigenvalue weighted by molar-refractivity contribution is -0.134. The number of nitrogens with one attached hydrogen (secondary N) is 2. The third kappa shape index (κ3) is 11.4. The number of nitrogens with zero attached hydrogens (tertiary/aromatic N) is 2. The molecule has 1 aliphatic heterocycles. The Bertz CT molecular complexity index is 1860. The lowest BCUT2D eigenvalue weighted by atomic mass is 9.81. The number of urea groups is 1. The average molecular weight is 765 g/mol. The van der Waals surface area contributed by atoms with E-state index in [1.54, 1.807) is 50.8 Å². The molecule has 2 heterocycles. The van der Waals surface area contributed by atoms with Crippen molar-refractivity contribution in [3.63, 3.8) is 0 Å². The molecule has 3 aliphatic rings. The molecule has 0 radical (unpaired) electrons. The number of methoxy groups -OCH3 is 2. The summed E-state index contributed by atoms with van der Waals surface area (Å²) in [5.41, 5.74) is 3.21. The number of benzene rings is 1. The molecule has 0 spiro atoms. The van der Waals surface area contributed by atoms with Gasteiger partial charge in [0.25, 0.3) is 0 Å². The third-order valence-corrected chi connectivity index (χ3v) is 9.96. The van der Waals surface area contributed by atoms with E-state index in [1.165, 1.54) is 6.08 Å². The van der Waals surface area contributed by atoms with Gasteiger partial charge in [-0.15, -0.1) is 0 Å². The lowest BCUT2D eigenvalue weighted by Crippen LogP contribution is -2.44. The largest absolute Gasteiger partial charge is 0.493 e. The third-order valence-electron chi connectivity index (χ3n) is 9.48. The van der Waals surface area contributed by atoms with E-state index in [0.29, 0.717) is 94.9 Å². The van der Waals surface area contributed by atoms with Gasteiger partial charge < -0.3 is 34.5 Å². The maximum Gasteiger partial charge on any atom is 0.323 e. The summed E-state index contributed by atoms with van der Waals surface area (Å²) >= 11 is 6.86. The minimum atomic E-state index is -0.517. The topological polar surface area (TPSA) is 111 Å². The molecule has 1 aromatic carbocycles. The second-order valence-electron chi connectivity index (χ2n) is 13.7. The summed E-state index contributed by atoms with van der Waals surface area (Å²) in [5, 5.41) is 6.60. The molecule has 54 heavy (non-hydrogen) atoms.